The van der Waals surface area contributed by atoms with Gasteiger partial charge in [0, 0.05) is 27.4 Å². The second-order valence-electron chi connectivity index (χ2n) is 11.2. The van der Waals surface area contributed by atoms with E-state index in [0.717, 1.165) is 29.1 Å². The highest BCUT2D eigenvalue weighted by Crippen LogP contribution is 2.37. The molecule has 0 spiro atoms. The number of rotatable bonds is 15. The van der Waals surface area contributed by atoms with Crippen LogP contribution in [0.1, 0.15) is 46.5 Å². The van der Waals surface area contributed by atoms with Gasteiger partial charge in [0.1, 0.15) is 22.4 Å². The molecule has 0 aromatic heterocycles. The van der Waals surface area contributed by atoms with Gasteiger partial charge in [0.25, 0.3) is 11.8 Å². The van der Waals surface area contributed by atoms with E-state index in [2.05, 4.69) is 22.9 Å². The van der Waals surface area contributed by atoms with E-state index in [0.29, 0.717) is 34.9 Å². The molecule has 5 aromatic rings. The zero-order chi connectivity index (χ0) is 35.1. The Morgan fingerprint density at radius 3 is 2.04 bits per heavy atom. The van der Waals surface area contributed by atoms with Gasteiger partial charge < -0.3 is 25.4 Å². The number of benzene rings is 5. The lowest BCUT2D eigenvalue weighted by molar-refractivity contribution is -0.116. The lowest BCUT2D eigenvalue weighted by Crippen LogP contribution is -2.30. The number of para-hydroxylation sites is 1. The Hall–Kier alpha value is -5.80. The first-order valence-corrected chi connectivity index (χ1v) is 17.2. The number of hydrogen-bond acceptors (Lipinski definition) is 6. The van der Waals surface area contributed by atoms with Crippen molar-refractivity contribution < 1.29 is 23.9 Å². The molecule has 0 aliphatic rings. The minimum absolute atomic E-state index is 0.0446. The van der Waals surface area contributed by atoms with E-state index >= 15 is 0 Å². The third-order valence-corrected chi connectivity index (χ3v) is 8.83. The van der Waals surface area contributed by atoms with E-state index in [1.165, 1.54) is 11.8 Å². The maximum atomic E-state index is 13.6. The van der Waals surface area contributed by atoms with Crippen LogP contribution in [-0.4, -0.2) is 31.4 Å². The first-order valence-electron chi connectivity index (χ1n) is 16.3. The van der Waals surface area contributed by atoms with Crippen molar-refractivity contribution in [2.45, 2.75) is 29.9 Å². The summed E-state index contributed by atoms with van der Waals surface area (Å²) in [6.07, 6.45) is 3.62. The molecule has 0 saturated heterocycles. The second kappa shape index (κ2) is 18.1. The average molecular weight is 686 g/mol. The van der Waals surface area contributed by atoms with E-state index in [1.807, 2.05) is 84.9 Å². The molecule has 0 saturated carbocycles. The summed E-state index contributed by atoms with van der Waals surface area (Å²) in [7, 11) is 1.54. The number of ether oxygens (including phenoxy) is 2. The van der Waals surface area contributed by atoms with Crippen molar-refractivity contribution in [1.29, 1.82) is 0 Å². The van der Waals surface area contributed by atoms with E-state index in [4.69, 9.17) is 9.47 Å². The Morgan fingerprint density at radius 2 is 1.36 bits per heavy atom. The van der Waals surface area contributed by atoms with Crippen molar-refractivity contribution in [2.24, 2.45) is 0 Å². The summed E-state index contributed by atoms with van der Waals surface area (Å²) >= 11 is 1.40. The van der Waals surface area contributed by atoms with Gasteiger partial charge in [-0.1, -0.05) is 80.1 Å². The molecule has 50 heavy (non-hydrogen) atoms. The minimum atomic E-state index is -0.541. The summed E-state index contributed by atoms with van der Waals surface area (Å²) < 4.78 is 11.2. The number of anilines is 2. The molecular formula is C41H39N3O5S. The van der Waals surface area contributed by atoms with Crippen LogP contribution in [0.4, 0.5) is 11.4 Å². The third-order valence-electron chi connectivity index (χ3n) is 7.56. The number of amides is 3. The fourth-order valence-corrected chi connectivity index (χ4v) is 5.94. The first-order chi connectivity index (χ1) is 24.4. The van der Waals surface area contributed by atoms with Crippen LogP contribution in [0.5, 0.6) is 11.5 Å². The quantitative estimate of drug-likeness (QED) is 0.0578. The Labute approximate surface area is 296 Å². The first kappa shape index (κ1) is 35.5. The topological polar surface area (TPSA) is 106 Å². The van der Waals surface area contributed by atoms with Crippen molar-refractivity contribution in [1.82, 2.24) is 5.32 Å². The molecule has 5 rings (SSSR count). The zero-order valence-electron chi connectivity index (χ0n) is 27.9. The molecule has 9 heteroatoms. The molecule has 5 aromatic carbocycles. The van der Waals surface area contributed by atoms with Gasteiger partial charge in [0.05, 0.1) is 13.7 Å². The number of carbonyl (C=O) groups is 3. The molecule has 1 atom stereocenters. The monoisotopic (exact) mass is 685 g/mol. The Bertz CT molecular complexity index is 1900. The van der Waals surface area contributed by atoms with Crippen LogP contribution in [-0.2, 0) is 9.59 Å². The zero-order valence-corrected chi connectivity index (χ0v) is 28.7. The highest BCUT2D eigenvalue weighted by atomic mass is 32.2. The Morgan fingerprint density at radius 1 is 0.740 bits per heavy atom. The van der Waals surface area contributed by atoms with Crippen LogP contribution in [0.3, 0.4) is 0 Å². The summed E-state index contributed by atoms with van der Waals surface area (Å²) in [5.74, 6) is 0.217. The van der Waals surface area contributed by atoms with E-state index < -0.39 is 17.1 Å². The highest BCUT2D eigenvalue weighted by molar-refractivity contribution is 8.00. The summed E-state index contributed by atoms with van der Waals surface area (Å²) in [6.45, 7) is 2.77. The van der Waals surface area contributed by atoms with Crippen molar-refractivity contribution in [3.63, 3.8) is 0 Å². The predicted octanol–water partition coefficient (Wildman–Crippen LogP) is 8.76. The van der Waals surface area contributed by atoms with Gasteiger partial charge >= 0.3 is 0 Å². The predicted molar refractivity (Wildman–Crippen MR) is 200 cm³/mol. The molecule has 8 nitrogen and oxygen atoms in total. The van der Waals surface area contributed by atoms with Gasteiger partial charge in [0.2, 0.25) is 5.91 Å². The van der Waals surface area contributed by atoms with Crippen LogP contribution < -0.4 is 25.4 Å². The van der Waals surface area contributed by atoms with E-state index in [-0.39, 0.29) is 11.6 Å². The summed E-state index contributed by atoms with van der Waals surface area (Å²) in [5.41, 5.74) is 3.13. The lowest BCUT2D eigenvalue weighted by Gasteiger charge is -2.18. The standard InChI is InChI=1S/C41H39N3O5S/c1-3-4-27-49-34-23-19-32(20-24-34)43-41(47)38(29-13-7-5-8-14-29)50-35-25-21-33(22-26-35)42-40(46)36(28-31-17-11-12-18-37(31)48-2)44-39(45)30-15-9-6-10-16-30/h5-26,28,38H,3-4,27H2,1-2H3,(H,42,46)(H,43,47)(H,44,45)/b36-28-. The van der Waals surface area contributed by atoms with Crippen LogP contribution in [0, 0.1) is 0 Å². The van der Waals surface area contributed by atoms with Gasteiger partial charge in [-0.25, -0.2) is 0 Å². The van der Waals surface area contributed by atoms with Gasteiger partial charge in [-0.2, -0.15) is 0 Å². The van der Waals surface area contributed by atoms with Crippen LogP contribution >= 0.6 is 11.8 Å². The number of hydrogen-bond donors (Lipinski definition) is 3. The highest BCUT2D eigenvalue weighted by Gasteiger charge is 2.23. The molecule has 3 N–H and O–H groups in total. The second-order valence-corrected chi connectivity index (χ2v) is 12.4. The largest absolute Gasteiger partial charge is 0.496 e. The van der Waals surface area contributed by atoms with E-state index in [9.17, 15) is 14.4 Å². The molecule has 0 heterocycles. The summed E-state index contributed by atoms with van der Waals surface area (Å²) in [6, 6.07) is 40.1. The summed E-state index contributed by atoms with van der Waals surface area (Å²) in [4.78, 5) is 41.1. The number of unbranched alkanes of at least 4 members (excludes halogenated alkanes) is 1. The smallest absolute Gasteiger partial charge is 0.272 e. The maximum Gasteiger partial charge on any atom is 0.272 e. The molecule has 0 aliphatic carbocycles. The number of nitrogens with one attached hydrogen (secondary N) is 3. The van der Waals surface area contributed by atoms with Crippen molar-refractivity contribution >= 4 is 46.9 Å². The van der Waals surface area contributed by atoms with Crippen molar-refractivity contribution in [3.05, 3.63) is 156 Å². The van der Waals surface area contributed by atoms with Gasteiger partial charge in [-0.15, -0.1) is 11.8 Å². The van der Waals surface area contributed by atoms with Gasteiger partial charge in [-0.05, 0) is 84.8 Å². The molecule has 1 unspecified atom stereocenters. The lowest BCUT2D eigenvalue weighted by atomic mass is 10.1. The molecule has 0 aliphatic heterocycles. The van der Waals surface area contributed by atoms with Gasteiger partial charge in [0.15, 0.2) is 0 Å². The van der Waals surface area contributed by atoms with Crippen molar-refractivity contribution in [2.75, 3.05) is 24.4 Å². The van der Waals surface area contributed by atoms with Crippen LogP contribution in [0.25, 0.3) is 6.08 Å². The molecule has 254 valence electrons. The SMILES string of the molecule is CCCCOc1ccc(NC(=O)C(Sc2ccc(NC(=O)/C(=C/c3ccccc3OC)NC(=O)c3ccccc3)cc2)c2ccccc2)cc1. The normalized spacial score (nSPS) is 11.6. The molecule has 0 radical (unpaired) electrons. The molecule has 0 fully saturated rings. The fourth-order valence-electron chi connectivity index (χ4n) is 4.91. The maximum absolute atomic E-state index is 13.6. The Kier molecular flexibility index (Phi) is 12.9. The molecule has 0 bridgehead atoms. The Balaban J connectivity index is 1.30. The average Bonchev–Trinajstić information content (AvgIpc) is 3.15. The van der Waals surface area contributed by atoms with E-state index in [1.54, 1.807) is 61.7 Å². The van der Waals surface area contributed by atoms with Crippen LogP contribution in [0.2, 0.25) is 0 Å². The fraction of sp³-hybridized carbons (Fsp3) is 0.146. The number of carbonyl (C=O) groups excluding carboxylic acids is 3. The number of methoxy groups -OCH3 is 1. The molecule has 3 amide bonds. The number of thioether (sulfide) groups is 1. The van der Waals surface area contributed by atoms with Crippen LogP contribution in [0.15, 0.2) is 144 Å². The van der Waals surface area contributed by atoms with Crippen molar-refractivity contribution in [3.8, 4) is 11.5 Å². The third kappa shape index (κ3) is 10.1. The van der Waals surface area contributed by atoms with Gasteiger partial charge in [-0.3, -0.25) is 14.4 Å². The molecular weight excluding hydrogens is 647 g/mol. The minimum Gasteiger partial charge on any atom is -0.496 e. The summed E-state index contributed by atoms with van der Waals surface area (Å²) in [5, 5.41) is 8.14.